The topological polar surface area (TPSA) is 6.48 Å². The van der Waals surface area contributed by atoms with Gasteiger partial charge in [0.2, 0.25) is 0 Å². The van der Waals surface area contributed by atoms with Crippen LogP contribution in [0.5, 0.6) is 0 Å². The summed E-state index contributed by atoms with van der Waals surface area (Å²) in [5.41, 5.74) is 18.3. The van der Waals surface area contributed by atoms with Crippen molar-refractivity contribution in [2.45, 2.75) is 143 Å². The molecule has 6 aromatic carbocycles. The third-order valence-electron chi connectivity index (χ3n) is 13.1. The third-order valence-corrected chi connectivity index (χ3v) is 13.1. The molecule has 2 nitrogen and oxygen atoms in total. The highest BCUT2D eigenvalue weighted by molar-refractivity contribution is 5.88. The van der Waals surface area contributed by atoms with Crippen molar-refractivity contribution >= 4 is 34.1 Å². The zero-order valence-electron chi connectivity index (χ0n) is 37.7. The lowest BCUT2D eigenvalue weighted by Gasteiger charge is -2.35. The number of benzene rings is 6. The predicted octanol–water partition coefficient (Wildman–Crippen LogP) is 17.9. The Morgan fingerprint density at radius 1 is 0.367 bits per heavy atom. The van der Waals surface area contributed by atoms with E-state index in [-0.39, 0.29) is 5.41 Å². The van der Waals surface area contributed by atoms with E-state index in [1.807, 2.05) is 0 Å². The Bertz CT molecular complexity index is 2250. The van der Waals surface area contributed by atoms with E-state index in [1.54, 1.807) is 0 Å². The molecule has 7 rings (SSSR count). The molecule has 0 aliphatic heterocycles. The molecule has 312 valence electrons. The standard InChI is InChI=1S/C58H70N2/c1-7-10-12-14-16-18-36-58(37-19-17-15-13-11-8-2)56-42-52(59(48-28-20-24-44(4)38-48)49-29-21-25-45(5)39-49)32-34-54(56)55-35-33-53(43-57(55)58)60(50-30-22-26-46(6)40-50)51-31-23-27-47(9-3)41-51/h20-35,38-43H,7-19,36-37H2,1-6H3. The molecule has 0 fully saturated rings. The minimum Gasteiger partial charge on any atom is -0.310 e. The van der Waals surface area contributed by atoms with Gasteiger partial charge in [0.05, 0.1) is 0 Å². The number of anilines is 6. The molecular weight excluding hydrogens is 725 g/mol. The van der Waals surface area contributed by atoms with Gasteiger partial charge in [-0.15, -0.1) is 0 Å². The first-order valence-electron chi connectivity index (χ1n) is 23.5. The lowest BCUT2D eigenvalue weighted by Crippen LogP contribution is -2.26. The van der Waals surface area contributed by atoms with E-state index >= 15 is 0 Å². The van der Waals surface area contributed by atoms with Gasteiger partial charge in [0.15, 0.2) is 0 Å². The molecule has 6 aromatic rings. The molecule has 0 atom stereocenters. The molecule has 0 spiro atoms. The molecule has 0 heterocycles. The molecule has 2 heteroatoms. The Labute approximate surface area is 363 Å². The van der Waals surface area contributed by atoms with Gasteiger partial charge in [-0.25, -0.2) is 0 Å². The predicted molar refractivity (Wildman–Crippen MR) is 262 cm³/mol. The van der Waals surface area contributed by atoms with Crippen LogP contribution in [0.25, 0.3) is 11.1 Å². The lowest BCUT2D eigenvalue weighted by atomic mass is 9.70. The van der Waals surface area contributed by atoms with Gasteiger partial charge in [-0.3, -0.25) is 0 Å². The summed E-state index contributed by atoms with van der Waals surface area (Å²) in [6, 6.07) is 51.2. The minimum atomic E-state index is -0.0827. The molecule has 0 radical (unpaired) electrons. The van der Waals surface area contributed by atoms with Crippen LogP contribution in [0.4, 0.5) is 34.1 Å². The van der Waals surface area contributed by atoms with Gasteiger partial charge in [0.25, 0.3) is 0 Å². The first-order chi connectivity index (χ1) is 29.3. The van der Waals surface area contributed by atoms with E-state index < -0.39 is 0 Å². The summed E-state index contributed by atoms with van der Waals surface area (Å²) in [6.45, 7) is 13.5. The van der Waals surface area contributed by atoms with Crippen molar-refractivity contribution in [3.63, 3.8) is 0 Å². The monoisotopic (exact) mass is 795 g/mol. The smallest absolute Gasteiger partial charge is 0.0465 e. The van der Waals surface area contributed by atoms with Crippen molar-refractivity contribution in [1.29, 1.82) is 0 Å². The van der Waals surface area contributed by atoms with Crippen molar-refractivity contribution in [2.24, 2.45) is 0 Å². The molecule has 60 heavy (non-hydrogen) atoms. The quantitative estimate of drug-likeness (QED) is 0.0670. The molecular formula is C58H70N2. The fraction of sp³-hybridized carbons (Fsp3) is 0.379. The molecule has 0 saturated carbocycles. The second-order valence-corrected chi connectivity index (χ2v) is 17.8. The highest BCUT2D eigenvalue weighted by Gasteiger charge is 2.43. The Morgan fingerprint density at radius 2 is 0.733 bits per heavy atom. The number of hydrogen-bond acceptors (Lipinski definition) is 2. The SMILES string of the molecule is CCCCCCCCC1(CCCCCCCC)c2cc(N(c3cccc(C)c3)c3cccc(C)c3)ccc2-c2ccc(N(c3cccc(C)c3)c3cccc(CC)c3)cc21. The summed E-state index contributed by atoms with van der Waals surface area (Å²) in [5.74, 6) is 0. The van der Waals surface area contributed by atoms with Crippen LogP contribution in [0.2, 0.25) is 0 Å². The Hall–Kier alpha value is -5.08. The molecule has 0 saturated heterocycles. The normalized spacial score (nSPS) is 12.6. The average Bonchev–Trinajstić information content (AvgIpc) is 3.52. The van der Waals surface area contributed by atoms with Crippen molar-refractivity contribution in [2.75, 3.05) is 9.80 Å². The van der Waals surface area contributed by atoms with Crippen molar-refractivity contribution in [1.82, 2.24) is 0 Å². The van der Waals surface area contributed by atoms with Gasteiger partial charge in [-0.2, -0.15) is 0 Å². The maximum Gasteiger partial charge on any atom is 0.0465 e. The maximum absolute atomic E-state index is 2.61. The van der Waals surface area contributed by atoms with E-state index in [9.17, 15) is 0 Å². The third kappa shape index (κ3) is 9.76. The van der Waals surface area contributed by atoms with Crippen LogP contribution >= 0.6 is 0 Å². The number of fused-ring (bicyclic) bond motifs is 3. The van der Waals surface area contributed by atoms with Gasteiger partial charge in [0, 0.05) is 39.5 Å². The number of nitrogens with zero attached hydrogens (tertiary/aromatic N) is 2. The number of unbranched alkanes of at least 4 members (excludes halogenated alkanes) is 10. The second kappa shape index (κ2) is 20.5. The van der Waals surface area contributed by atoms with Crippen molar-refractivity contribution in [3.05, 3.63) is 167 Å². The van der Waals surface area contributed by atoms with Crippen LogP contribution in [0, 0.1) is 20.8 Å². The van der Waals surface area contributed by atoms with Gasteiger partial charge in [-0.05, 0) is 157 Å². The van der Waals surface area contributed by atoms with E-state index in [0.717, 1.165) is 6.42 Å². The maximum atomic E-state index is 2.61. The summed E-state index contributed by atoms with van der Waals surface area (Å²) in [5, 5.41) is 0. The van der Waals surface area contributed by atoms with Crippen LogP contribution in [0.1, 0.15) is 144 Å². The second-order valence-electron chi connectivity index (χ2n) is 17.8. The summed E-state index contributed by atoms with van der Waals surface area (Å²) in [6.07, 6.45) is 19.0. The van der Waals surface area contributed by atoms with Crippen molar-refractivity contribution < 1.29 is 0 Å². The van der Waals surface area contributed by atoms with E-state index in [2.05, 4.69) is 185 Å². The van der Waals surface area contributed by atoms with E-state index in [0.29, 0.717) is 0 Å². The summed E-state index contributed by atoms with van der Waals surface area (Å²) in [4.78, 5) is 5.01. The molecule has 0 aromatic heterocycles. The zero-order valence-corrected chi connectivity index (χ0v) is 37.7. The minimum absolute atomic E-state index is 0.0827. The number of rotatable bonds is 21. The Kier molecular flexibility index (Phi) is 14.7. The van der Waals surface area contributed by atoms with E-state index in [4.69, 9.17) is 0 Å². The van der Waals surface area contributed by atoms with Gasteiger partial charge in [-0.1, -0.05) is 158 Å². The summed E-state index contributed by atoms with van der Waals surface area (Å²) < 4.78 is 0. The fourth-order valence-electron chi connectivity index (χ4n) is 9.94. The first kappa shape index (κ1) is 43.0. The summed E-state index contributed by atoms with van der Waals surface area (Å²) >= 11 is 0. The van der Waals surface area contributed by atoms with Crippen LogP contribution in [0.3, 0.4) is 0 Å². The molecule has 1 aliphatic rings. The molecule has 0 unspecified atom stereocenters. The largest absolute Gasteiger partial charge is 0.310 e. The van der Waals surface area contributed by atoms with Crippen LogP contribution in [-0.2, 0) is 11.8 Å². The molecule has 0 N–H and O–H groups in total. The highest BCUT2D eigenvalue weighted by Crippen LogP contribution is 2.57. The average molecular weight is 795 g/mol. The van der Waals surface area contributed by atoms with Gasteiger partial charge < -0.3 is 9.80 Å². The highest BCUT2D eigenvalue weighted by atomic mass is 15.1. The molecule has 0 amide bonds. The molecule has 1 aliphatic carbocycles. The number of aryl methyl sites for hydroxylation is 4. The van der Waals surface area contributed by atoms with Crippen LogP contribution in [-0.4, -0.2) is 0 Å². The first-order valence-corrected chi connectivity index (χ1v) is 23.5. The number of hydrogen-bond donors (Lipinski definition) is 0. The van der Waals surface area contributed by atoms with Crippen LogP contribution < -0.4 is 9.80 Å². The van der Waals surface area contributed by atoms with Crippen molar-refractivity contribution in [3.8, 4) is 11.1 Å². The fourth-order valence-corrected chi connectivity index (χ4v) is 9.94. The molecule has 0 bridgehead atoms. The lowest BCUT2D eigenvalue weighted by molar-refractivity contribution is 0.398. The van der Waals surface area contributed by atoms with Crippen LogP contribution in [0.15, 0.2) is 133 Å². The van der Waals surface area contributed by atoms with E-state index in [1.165, 1.54) is 169 Å². The summed E-state index contributed by atoms with van der Waals surface area (Å²) in [7, 11) is 0. The Morgan fingerprint density at radius 3 is 1.13 bits per heavy atom. The zero-order chi connectivity index (χ0) is 41.9. The van der Waals surface area contributed by atoms with Gasteiger partial charge in [0.1, 0.15) is 0 Å². The van der Waals surface area contributed by atoms with Gasteiger partial charge >= 0.3 is 0 Å². The Balaban J connectivity index is 1.41.